The summed E-state index contributed by atoms with van der Waals surface area (Å²) in [5, 5.41) is 9.81. The minimum atomic E-state index is 0.00671. The van der Waals surface area contributed by atoms with Gasteiger partial charge in [-0.25, -0.2) is 0 Å². The van der Waals surface area contributed by atoms with Gasteiger partial charge in [0.1, 0.15) is 13.2 Å². The molecule has 0 spiro atoms. The number of rotatable bonds is 10. The standard InChI is InChI=1S/C29H28O3/c30-20-19-26(25-15-8-3-9-16-25)27-17-10-18-28(31-21-23-11-4-1-5-12-23)29(27)32-22-24-13-6-2-7-14-24/h1-18,26,30H,19-22H2. The summed E-state index contributed by atoms with van der Waals surface area (Å²) in [6, 6.07) is 36.5. The van der Waals surface area contributed by atoms with E-state index in [-0.39, 0.29) is 12.5 Å². The van der Waals surface area contributed by atoms with Crippen molar-refractivity contribution in [1.82, 2.24) is 0 Å². The molecule has 0 amide bonds. The summed E-state index contributed by atoms with van der Waals surface area (Å²) >= 11 is 0. The molecule has 0 bridgehead atoms. The van der Waals surface area contributed by atoms with Crippen molar-refractivity contribution in [1.29, 1.82) is 0 Å². The van der Waals surface area contributed by atoms with E-state index in [9.17, 15) is 5.11 Å². The van der Waals surface area contributed by atoms with Gasteiger partial charge in [-0.15, -0.1) is 0 Å². The van der Waals surface area contributed by atoms with E-state index in [4.69, 9.17) is 9.47 Å². The molecule has 32 heavy (non-hydrogen) atoms. The van der Waals surface area contributed by atoms with Crippen molar-refractivity contribution in [2.24, 2.45) is 0 Å². The van der Waals surface area contributed by atoms with Crippen molar-refractivity contribution in [3.05, 3.63) is 131 Å². The highest BCUT2D eigenvalue weighted by molar-refractivity contribution is 5.51. The lowest BCUT2D eigenvalue weighted by Crippen LogP contribution is -2.09. The number of para-hydroxylation sites is 1. The van der Waals surface area contributed by atoms with Crippen LogP contribution in [0.2, 0.25) is 0 Å². The molecule has 0 radical (unpaired) electrons. The third-order valence-electron chi connectivity index (χ3n) is 5.47. The predicted molar refractivity (Wildman–Crippen MR) is 128 cm³/mol. The van der Waals surface area contributed by atoms with Crippen LogP contribution < -0.4 is 9.47 Å². The predicted octanol–water partition coefficient (Wildman–Crippen LogP) is 6.36. The molecule has 4 aromatic rings. The molecule has 1 atom stereocenters. The second-order valence-electron chi connectivity index (χ2n) is 7.70. The molecule has 3 nitrogen and oxygen atoms in total. The Bertz CT molecular complexity index is 1080. The van der Waals surface area contributed by atoms with Gasteiger partial charge in [-0.3, -0.25) is 0 Å². The molecule has 0 aliphatic heterocycles. The second kappa shape index (κ2) is 11.2. The maximum absolute atomic E-state index is 9.81. The maximum Gasteiger partial charge on any atom is 0.165 e. The van der Waals surface area contributed by atoms with Crippen LogP contribution in [0.5, 0.6) is 11.5 Å². The minimum Gasteiger partial charge on any atom is -0.485 e. The highest BCUT2D eigenvalue weighted by atomic mass is 16.5. The first-order valence-electron chi connectivity index (χ1n) is 11.0. The largest absolute Gasteiger partial charge is 0.485 e. The second-order valence-corrected chi connectivity index (χ2v) is 7.70. The van der Waals surface area contributed by atoms with Crippen LogP contribution in [0.3, 0.4) is 0 Å². The minimum absolute atomic E-state index is 0.00671. The third-order valence-corrected chi connectivity index (χ3v) is 5.47. The summed E-state index contributed by atoms with van der Waals surface area (Å²) in [6.07, 6.45) is 0.605. The summed E-state index contributed by atoms with van der Waals surface area (Å²) in [6.45, 7) is 0.995. The van der Waals surface area contributed by atoms with Crippen LogP contribution in [0.25, 0.3) is 0 Å². The van der Waals surface area contributed by atoms with Gasteiger partial charge in [-0.2, -0.15) is 0 Å². The van der Waals surface area contributed by atoms with Crippen LogP contribution in [0.4, 0.5) is 0 Å². The van der Waals surface area contributed by atoms with Gasteiger partial charge in [0.2, 0.25) is 0 Å². The van der Waals surface area contributed by atoms with E-state index >= 15 is 0 Å². The van der Waals surface area contributed by atoms with Crippen molar-refractivity contribution in [3.63, 3.8) is 0 Å². The van der Waals surface area contributed by atoms with Gasteiger partial charge in [0.15, 0.2) is 11.5 Å². The molecule has 0 aliphatic rings. The summed E-state index contributed by atoms with van der Waals surface area (Å²) in [5.74, 6) is 1.45. The van der Waals surface area contributed by atoms with Crippen LogP contribution in [0.15, 0.2) is 109 Å². The smallest absolute Gasteiger partial charge is 0.165 e. The zero-order valence-electron chi connectivity index (χ0n) is 18.1. The monoisotopic (exact) mass is 424 g/mol. The molecule has 1 N–H and O–H groups in total. The summed E-state index contributed by atoms with van der Waals surface area (Å²) in [4.78, 5) is 0. The van der Waals surface area contributed by atoms with Gasteiger partial charge in [-0.05, 0) is 29.2 Å². The van der Waals surface area contributed by atoms with Gasteiger partial charge >= 0.3 is 0 Å². The van der Waals surface area contributed by atoms with Crippen molar-refractivity contribution >= 4 is 0 Å². The van der Waals surface area contributed by atoms with E-state index in [0.717, 1.165) is 28.0 Å². The van der Waals surface area contributed by atoms with Crippen LogP contribution >= 0.6 is 0 Å². The average Bonchev–Trinajstić information content (AvgIpc) is 2.87. The SMILES string of the molecule is OCCC(c1ccccc1)c1cccc(OCc2ccccc2)c1OCc1ccccc1. The number of aliphatic hydroxyl groups excluding tert-OH is 1. The fraction of sp³-hybridized carbons (Fsp3) is 0.172. The van der Waals surface area contributed by atoms with Crippen LogP contribution in [-0.4, -0.2) is 11.7 Å². The Kier molecular flexibility index (Phi) is 7.56. The van der Waals surface area contributed by atoms with E-state index in [1.54, 1.807) is 0 Å². The molecule has 4 rings (SSSR count). The molecular formula is C29H28O3. The first-order valence-corrected chi connectivity index (χ1v) is 11.0. The summed E-state index contributed by atoms with van der Waals surface area (Å²) < 4.78 is 12.6. The Labute approximate surface area is 189 Å². The lowest BCUT2D eigenvalue weighted by Gasteiger charge is -2.23. The van der Waals surface area contributed by atoms with E-state index < -0.39 is 0 Å². The molecule has 0 aliphatic carbocycles. The molecule has 3 heteroatoms. The van der Waals surface area contributed by atoms with Gasteiger partial charge < -0.3 is 14.6 Å². The van der Waals surface area contributed by atoms with Crippen molar-refractivity contribution in [3.8, 4) is 11.5 Å². The topological polar surface area (TPSA) is 38.7 Å². The average molecular weight is 425 g/mol. The van der Waals surface area contributed by atoms with E-state index in [1.165, 1.54) is 0 Å². The zero-order chi connectivity index (χ0) is 22.0. The molecule has 4 aromatic carbocycles. The molecular weight excluding hydrogens is 396 g/mol. The molecule has 0 heterocycles. The molecule has 0 fully saturated rings. The molecule has 0 saturated heterocycles. The lowest BCUT2D eigenvalue weighted by molar-refractivity contribution is 0.249. The van der Waals surface area contributed by atoms with E-state index in [1.807, 2.05) is 78.9 Å². The zero-order valence-corrected chi connectivity index (χ0v) is 18.1. The van der Waals surface area contributed by atoms with Gasteiger partial charge in [0, 0.05) is 18.1 Å². The van der Waals surface area contributed by atoms with Crippen LogP contribution in [0, 0.1) is 0 Å². The highest BCUT2D eigenvalue weighted by Crippen LogP contribution is 2.41. The van der Waals surface area contributed by atoms with E-state index in [2.05, 4.69) is 30.3 Å². The van der Waals surface area contributed by atoms with Crippen LogP contribution in [-0.2, 0) is 13.2 Å². The van der Waals surface area contributed by atoms with E-state index in [0.29, 0.717) is 25.4 Å². The Morgan fingerprint density at radius 3 is 1.75 bits per heavy atom. The Morgan fingerprint density at radius 1 is 0.594 bits per heavy atom. The summed E-state index contributed by atoms with van der Waals surface area (Å²) in [7, 11) is 0. The number of aliphatic hydroxyl groups is 1. The maximum atomic E-state index is 9.81. The fourth-order valence-corrected chi connectivity index (χ4v) is 3.86. The number of hydrogen-bond acceptors (Lipinski definition) is 3. The van der Waals surface area contributed by atoms with Gasteiger partial charge in [0.05, 0.1) is 0 Å². The number of ether oxygens (including phenoxy) is 2. The highest BCUT2D eigenvalue weighted by Gasteiger charge is 2.21. The Morgan fingerprint density at radius 2 is 1.16 bits per heavy atom. The molecule has 0 saturated carbocycles. The first-order chi connectivity index (χ1) is 15.8. The van der Waals surface area contributed by atoms with Crippen molar-refractivity contribution < 1.29 is 14.6 Å². The van der Waals surface area contributed by atoms with Gasteiger partial charge in [0.25, 0.3) is 0 Å². The molecule has 0 aromatic heterocycles. The fourth-order valence-electron chi connectivity index (χ4n) is 3.86. The molecule has 162 valence electrons. The van der Waals surface area contributed by atoms with Crippen molar-refractivity contribution in [2.45, 2.75) is 25.6 Å². The van der Waals surface area contributed by atoms with Crippen LogP contribution in [0.1, 0.15) is 34.6 Å². The normalized spacial score (nSPS) is 11.7. The Balaban J connectivity index is 1.68. The summed E-state index contributed by atoms with van der Waals surface area (Å²) in [5.41, 5.74) is 4.36. The quantitative estimate of drug-likeness (QED) is 0.322. The Hall–Kier alpha value is -3.56. The third kappa shape index (κ3) is 5.57. The lowest BCUT2D eigenvalue weighted by atomic mass is 9.88. The molecule has 1 unspecified atom stereocenters. The van der Waals surface area contributed by atoms with Gasteiger partial charge in [-0.1, -0.05) is 103 Å². The number of hydrogen-bond donors (Lipinski definition) is 1. The first kappa shape index (κ1) is 21.7. The van der Waals surface area contributed by atoms with Crippen molar-refractivity contribution in [2.75, 3.05) is 6.61 Å². The number of benzene rings is 4.